The zero-order chi connectivity index (χ0) is 13.9. The zero-order valence-corrected chi connectivity index (χ0v) is 12.7. The maximum atomic E-state index is 6.23. The molecule has 0 atom stereocenters. The molecule has 100 valence electrons. The van der Waals surface area contributed by atoms with Crippen molar-refractivity contribution in [2.45, 2.75) is 0 Å². The molecule has 0 saturated carbocycles. The van der Waals surface area contributed by atoms with E-state index in [1.807, 2.05) is 48.7 Å². The van der Waals surface area contributed by atoms with Gasteiger partial charge in [-0.3, -0.25) is 0 Å². The number of hydrogen-bond acceptors (Lipinski definition) is 2. The molecule has 0 N–H and O–H groups in total. The van der Waals surface area contributed by atoms with E-state index in [1.165, 1.54) is 0 Å². The van der Waals surface area contributed by atoms with Crippen LogP contribution < -0.4 is 4.74 Å². The summed E-state index contributed by atoms with van der Waals surface area (Å²) in [7, 11) is 0. The molecule has 0 bridgehead atoms. The first-order valence-corrected chi connectivity index (χ1v) is 7.13. The van der Waals surface area contributed by atoms with Crippen molar-refractivity contribution in [2.75, 3.05) is 0 Å². The Morgan fingerprint density at radius 3 is 2.60 bits per heavy atom. The van der Waals surface area contributed by atoms with Gasteiger partial charge in [-0.05, 0) is 40.2 Å². The third kappa shape index (κ3) is 2.71. The van der Waals surface area contributed by atoms with Gasteiger partial charge >= 0.3 is 0 Å². The lowest BCUT2D eigenvalue weighted by Crippen LogP contribution is -1.97. The van der Waals surface area contributed by atoms with Crippen LogP contribution in [0.4, 0.5) is 0 Å². The van der Waals surface area contributed by atoms with Crippen molar-refractivity contribution in [2.24, 2.45) is 0 Å². The van der Waals surface area contributed by atoms with Crippen LogP contribution in [0.2, 0.25) is 5.02 Å². The Kier molecular flexibility index (Phi) is 3.76. The second kappa shape index (κ2) is 5.69. The highest BCUT2D eigenvalue weighted by Gasteiger charge is 2.10. The number of halogens is 2. The van der Waals surface area contributed by atoms with Gasteiger partial charge in [-0.2, -0.15) is 5.10 Å². The number of benzene rings is 2. The monoisotopic (exact) mass is 348 g/mol. The molecule has 3 rings (SSSR count). The van der Waals surface area contributed by atoms with Crippen molar-refractivity contribution < 1.29 is 4.74 Å². The molecule has 0 unspecified atom stereocenters. The van der Waals surface area contributed by atoms with E-state index in [4.69, 9.17) is 16.3 Å². The molecular formula is C15H10BrClN2O. The van der Waals surface area contributed by atoms with E-state index < -0.39 is 0 Å². The lowest BCUT2D eigenvalue weighted by molar-refractivity contribution is 0.482. The summed E-state index contributed by atoms with van der Waals surface area (Å²) >= 11 is 9.72. The van der Waals surface area contributed by atoms with E-state index in [2.05, 4.69) is 21.0 Å². The van der Waals surface area contributed by atoms with Crippen LogP contribution in [-0.2, 0) is 0 Å². The van der Waals surface area contributed by atoms with E-state index in [1.54, 1.807) is 16.9 Å². The molecule has 0 aliphatic rings. The van der Waals surface area contributed by atoms with Crippen LogP contribution in [0.3, 0.4) is 0 Å². The van der Waals surface area contributed by atoms with Crippen molar-refractivity contribution in [3.8, 4) is 17.2 Å². The van der Waals surface area contributed by atoms with Crippen molar-refractivity contribution in [1.82, 2.24) is 9.78 Å². The fraction of sp³-hybridized carbons (Fsp3) is 0. The van der Waals surface area contributed by atoms with Crippen molar-refractivity contribution in [3.63, 3.8) is 0 Å². The number of nitrogens with zero attached hydrogens (tertiary/aromatic N) is 2. The molecule has 20 heavy (non-hydrogen) atoms. The van der Waals surface area contributed by atoms with Crippen molar-refractivity contribution in [1.29, 1.82) is 0 Å². The maximum Gasteiger partial charge on any atom is 0.148 e. The van der Waals surface area contributed by atoms with E-state index >= 15 is 0 Å². The van der Waals surface area contributed by atoms with Crippen molar-refractivity contribution in [3.05, 3.63) is 70.4 Å². The molecule has 0 spiro atoms. The number of ether oxygens (including phenoxy) is 1. The SMILES string of the molecule is Clc1cc(Br)c(-n2cccn2)cc1Oc1ccccc1. The Bertz CT molecular complexity index is 714. The molecule has 3 nitrogen and oxygen atoms in total. The van der Waals surface area contributed by atoms with Crippen LogP contribution in [0, 0.1) is 0 Å². The summed E-state index contributed by atoms with van der Waals surface area (Å²) in [6.07, 6.45) is 3.58. The van der Waals surface area contributed by atoms with Gasteiger partial charge in [0.1, 0.15) is 11.5 Å². The van der Waals surface area contributed by atoms with Gasteiger partial charge in [-0.25, -0.2) is 4.68 Å². The van der Waals surface area contributed by atoms with Crippen LogP contribution in [0.5, 0.6) is 11.5 Å². The minimum atomic E-state index is 0.539. The largest absolute Gasteiger partial charge is 0.456 e. The molecule has 0 fully saturated rings. The summed E-state index contributed by atoms with van der Waals surface area (Å²) in [5, 5.41) is 4.75. The first-order valence-electron chi connectivity index (χ1n) is 5.96. The molecule has 1 heterocycles. The molecule has 0 saturated heterocycles. The van der Waals surface area contributed by atoms with E-state index in [0.29, 0.717) is 10.8 Å². The summed E-state index contributed by atoms with van der Waals surface area (Å²) in [6, 6.07) is 15.0. The Labute approximate surface area is 129 Å². The molecule has 3 aromatic rings. The molecule has 0 radical (unpaired) electrons. The fourth-order valence-corrected chi connectivity index (χ4v) is 2.66. The maximum absolute atomic E-state index is 6.23. The summed E-state index contributed by atoms with van der Waals surface area (Å²) < 4.78 is 8.41. The zero-order valence-electron chi connectivity index (χ0n) is 10.3. The number of para-hydroxylation sites is 1. The number of rotatable bonds is 3. The second-order valence-corrected chi connectivity index (χ2v) is 5.36. The van der Waals surface area contributed by atoms with Gasteiger partial charge in [0.2, 0.25) is 0 Å². The van der Waals surface area contributed by atoms with Crippen LogP contribution in [0.15, 0.2) is 65.4 Å². The first kappa shape index (κ1) is 13.2. The van der Waals surface area contributed by atoms with Crippen LogP contribution >= 0.6 is 27.5 Å². The minimum absolute atomic E-state index is 0.539. The molecule has 5 heteroatoms. The summed E-state index contributed by atoms with van der Waals surface area (Å²) in [5.74, 6) is 1.33. The third-order valence-corrected chi connectivity index (χ3v) is 3.65. The summed E-state index contributed by atoms with van der Waals surface area (Å²) in [5.41, 5.74) is 0.866. The quantitative estimate of drug-likeness (QED) is 0.659. The molecule has 0 aliphatic carbocycles. The third-order valence-electron chi connectivity index (χ3n) is 2.72. The van der Waals surface area contributed by atoms with E-state index in [9.17, 15) is 0 Å². The van der Waals surface area contributed by atoms with Gasteiger partial charge in [0.05, 0.1) is 10.7 Å². The van der Waals surface area contributed by atoms with Gasteiger partial charge in [-0.1, -0.05) is 29.8 Å². The molecule has 1 aromatic heterocycles. The van der Waals surface area contributed by atoms with Crippen molar-refractivity contribution >= 4 is 27.5 Å². The molecule has 2 aromatic carbocycles. The Hall–Kier alpha value is -1.78. The topological polar surface area (TPSA) is 27.1 Å². The van der Waals surface area contributed by atoms with Gasteiger partial charge < -0.3 is 4.74 Å². The van der Waals surface area contributed by atoms with Crippen LogP contribution in [0.1, 0.15) is 0 Å². The Morgan fingerprint density at radius 2 is 1.90 bits per heavy atom. The number of aromatic nitrogens is 2. The molecule has 0 amide bonds. The predicted octanol–water partition coefficient (Wildman–Crippen LogP) is 5.08. The van der Waals surface area contributed by atoms with Crippen LogP contribution in [0.25, 0.3) is 5.69 Å². The first-order chi connectivity index (χ1) is 9.74. The average molecular weight is 350 g/mol. The highest BCUT2D eigenvalue weighted by molar-refractivity contribution is 9.10. The lowest BCUT2D eigenvalue weighted by atomic mass is 10.3. The average Bonchev–Trinajstić information content (AvgIpc) is 2.97. The Balaban J connectivity index is 2.01. The second-order valence-electron chi connectivity index (χ2n) is 4.10. The normalized spacial score (nSPS) is 10.5. The highest BCUT2D eigenvalue weighted by atomic mass is 79.9. The van der Waals surface area contributed by atoms with Gasteiger partial charge in [0.15, 0.2) is 0 Å². The minimum Gasteiger partial charge on any atom is -0.456 e. The van der Waals surface area contributed by atoms with Gasteiger partial charge in [0, 0.05) is 22.9 Å². The standard InChI is InChI=1S/C15H10BrClN2O/c16-12-9-13(17)15(20-11-5-2-1-3-6-11)10-14(12)19-8-4-7-18-19/h1-10H. The van der Waals surface area contributed by atoms with Gasteiger partial charge in [0.25, 0.3) is 0 Å². The van der Waals surface area contributed by atoms with E-state index in [-0.39, 0.29) is 0 Å². The lowest BCUT2D eigenvalue weighted by Gasteiger charge is -2.11. The van der Waals surface area contributed by atoms with Crippen LogP contribution in [-0.4, -0.2) is 9.78 Å². The predicted molar refractivity (Wildman–Crippen MR) is 82.8 cm³/mol. The van der Waals surface area contributed by atoms with E-state index in [0.717, 1.165) is 15.9 Å². The number of hydrogen-bond donors (Lipinski definition) is 0. The smallest absolute Gasteiger partial charge is 0.148 e. The Morgan fingerprint density at radius 1 is 1.10 bits per heavy atom. The fourth-order valence-electron chi connectivity index (χ4n) is 1.80. The summed E-state index contributed by atoms with van der Waals surface area (Å²) in [6.45, 7) is 0. The molecular weight excluding hydrogens is 340 g/mol. The highest BCUT2D eigenvalue weighted by Crippen LogP contribution is 2.35. The van der Waals surface area contributed by atoms with Gasteiger partial charge in [-0.15, -0.1) is 0 Å². The molecule has 0 aliphatic heterocycles. The summed E-state index contributed by atoms with van der Waals surface area (Å²) in [4.78, 5) is 0.